The lowest BCUT2D eigenvalue weighted by atomic mass is 9.95. The number of nitrogens with zero attached hydrogens (tertiary/aromatic N) is 1. The largest absolute Gasteiger partial charge is 0.506 e. The average Bonchev–Trinajstić information content (AvgIpc) is 3.16. The van der Waals surface area contributed by atoms with E-state index in [4.69, 9.17) is 10.5 Å². The number of aromatic hydroxyl groups is 1. The number of hydrogen-bond donors (Lipinski definition) is 5. The molecule has 0 aliphatic heterocycles. The van der Waals surface area contributed by atoms with Gasteiger partial charge in [-0.25, -0.2) is 0 Å². The first kappa shape index (κ1) is 35.0. The number of fused-ring (bicyclic) bond motifs is 2. The number of nitrogens with one attached hydrogen (secondary N) is 2. The molecule has 0 fully saturated rings. The number of aromatic amines is 1. The highest BCUT2D eigenvalue weighted by Gasteiger charge is 2.17. The number of aliphatic hydroxyl groups excluding tert-OH is 1. The van der Waals surface area contributed by atoms with E-state index in [-0.39, 0.29) is 11.3 Å². The number of ether oxygens (including phenoxy) is 1. The minimum atomic E-state index is -0.720. The number of aromatic nitrogens is 2. The second-order valence-electron chi connectivity index (χ2n) is 13.3. The number of anilines is 2. The SMILES string of the molecule is COc1cccc(Nc2c(C(N)=O)cnc3c(C)cc(Cc4ccc(-c5ccc(CCC[C@H](O)c6ccc(O)c7[nH]c(=O)ccc67)cc5)cc4)cc23)c1. The summed E-state index contributed by atoms with van der Waals surface area (Å²) in [6, 6.07) is 35.0. The number of methoxy groups -OCH3 is 1. The molecule has 0 spiro atoms. The number of rotatable bonds is 12. The first-order valence-electron chi connectivity index (χ1n) is 17.5. The highest BCUT2D eigenvalue weighted by Crippen LogP contribution is 2.34. The van der Waals surface area contributed by atoms with Gasteiger partial charge in [-0.05, 0) is 102 Å². The average molecular weight is 705 g/mol. The second kappa shape index (κ2) is 15.0. The van der Waals surface area contributed by atoms with E-state index in [0.29, 0.717) is 46.3 Å². The summed E-state index contributed by atoms with van der Waals surface area (Å²) in [6.07, 6.45) is 3.63. The van der Waals surface area contributed by atoms with Crippen molar-refractivity contribution in [1.82, 2.24) is 9.97 Å². The van der Waals surface area contributed by atoms with Gasteiger partial charge in [-0.2, -0.15) is 0 Å². The van der Waals surface area contributed by atoms with E-state index >= 15 is 0 Å². The fraction of sp³-hybridized carbons (Fsp3) is 0.159. The monoisotopic (exact) mass is 704 g/mol. The second-order valence-corrected chi connectivity index (χ2v) is 13.3. The fourth-order valence-corrected chi connectivity index (χ4v) is 6.94. The number of aliphatic hydroxyl groups is 1. The van der Waals surface area contributed by atoms with Crippen molar-refractivity contribution < 1.29 is 19.7 Å². The Balaban J connectivity index is 1.03. The summed E-state index contributed by atoms with van der Waals surface area (Å²) in [5, 5.41) is 26.0. The Labute approximate surface area is 306 Å². The van der Waals surface area contributed by atoms with Crippen LogP contribution in [-0.2, 0) is 12.8 Å². The van der Waals surface area contributed by atoms with E-state index in [0.717, 1.165) is 57.2 Å². The van der Waals surface area contributed by atoms with Crippen LogP contribution in [0.15, 0.2) is 120 Å². The third kappa shape index (κ3) is 7.61. The van der Waals surface area contributed by atoms with Crippen molar-refractivity contribution in [2.24, 2.45) is 5.73 Å². The molecule has 1 atom stereocenters. The van der Waals surface area contributed by atoms with Crippen LogP contribution >= 0.6 is 0 Å². The van der Waals surface area contributed by atoms with Gasteiger partial charge in [0.25, 0.3) is 5.91 Å². The number of H-pyrrole nitrogens is 1. The molecule has 9 heteroatoms. The minimum absolute atomic E-state index is 0.0179. The lowest BCUT2D eigenvalue weighted by Crippen LogP contribution is -2.14. The van der Waals surface area contributed by atoms with Crippen LogP contribution in [0.1, 0.15) is 57.1 Å². The maximum absolute atomic E-state index is 12.5. The van der Waals surface area contributed by atoms with Crippen molar-refractivity contribution in [1.29, 1.82) is 0 Å². The molecule has 0 aliphatic carbocycles. The quantitative estimate of drug-likeness (QED) is 0.0859. The van der Waals surface area contributed by atoms with Crippen LogP contribution in [0.4, 0.5) is 11.4 Å². The molecule has 7 rings (SSSR count). The Morgan fingerprint density at radius 1 is 0.887 bits per heavy atom. The Bertz CT molecular complexity index is 2510. The van der Waals surface area contributed by atoms with Crippen molar-refractivity contribution in [2.45, 2.75) is 38.7 Å². The van der Waals surface area contributed by atoms with Gasteiger partial charge in [0.2, 0.25) is 5.56 Å². The van der Waals surface area contributed by atoms with E-state index in [1.54, 1.807) is 19.2 Å². The number of pyridine rings is 2. The number of aryl methyl sites for hydroxylation is 2. The molecule has 6 N–H and O–H groups in total. The molecular formula is C44H40N4O5. The Morgan fingerprint density at radius 3 is 2.34 bits per heavy atom. The summed E-state index contributed by atoms with van der Waals surface area (Å²) >= 11 is 0. The van der Waals surface area contributed by atoms with Gasteiger partial charge in [0.1, 0.15) is 11.5 Å². The number of phenolic OH excluding ortho intramolecular Hbond substituents is 1. The molecule has 9 nitrogen and oxygen atoms in total. The van der Waals surface area contributed by atoms with Crippen LogP contribution in [0, 0.1) is 6.92 Å². The van der Waals surface area contributed by atoms with Crippen molar-refractivity contribution in [3.63, 3.8) is 0 Å². The molecule has 7 aromatic rings. The molecule has 2 heterocycles. The number of phenols is 1. The molecule has 5 aromatic carbocycles. The molecule has 0 bridgehead atoms. The summed E-state index contributed by atoms with van der Waals surface area (Å²) in [5.74, 6) is 0.116. The molecule has 0 aliphatic rings. The smallest absolute Gasteiger partial charge is 0.252 e. The van der Waals surface area contributed by atoms with Gasteiger partial charge in [0.05, 0.1) is 35.5 Å². The van der Waals surface area contributed by atoms with Crippen LogP contribution in [0.3, 0.4) is 0 Å². The predicted molar refractivity (Wildman–Crippen MR) is 210 cm³/mol. The van der Waals surface area contributed by atoms with Gasteiger partial charge in [0.15, 0.2) is 0 Å². The van der Waals surface area contributed by atoms with E-state index in [2.05, 4.69) is 75.9 Å². The lowest BCUT2D eigenvalue weighted by Gasteiger charge is -2.16. The Kier molecular flexibility index (Phi) is 9.92. The molecule has 53 heavy (non-hydrogen) atoms. The normalized spacial score (nSPS) is 11.8. The number of nitrogens with two attached hydrogens (primary N) is 1. The summed E-state index contributed by atoms with van der Waals surface area (Å²) in [5.41, 5.74) is 15.6. The molecule has 0 radical (unpaired) electrons. The summed E-state index contributed by atoms with van der Waals surface area (Å²) in [6.45, 7) is 2.02. The third-order valence-corrected chi connectivity index (χ3v) is 9.68. The van der Waals surface area contributed by atoms with E-state index in [1.165, 1.54) is 23.9 Å². The third-order valence-electron chi connectivity index (χ3n) is 9.68. The first-order chi connectivity index (χ1) is 25.7. The van der Waals surface area contributed by atoms with Crippen LogP contribution in [0.5, 0.6) is 11.5 Å². The van der Waals surface area contributed by atoms with Crippen molar-refractivity contribution in [3.05, 3.63) is 159 Å². The maximum atomic E-state index is 12.5. The Hall–Kier alpha value is -6.45. The van der Waals surface area contributed by atoms with Gasteiger partial charge < -0.3 is 31.0 Å². The highest BCUT2D eigenvalue weighted by atomic mass is 16.5. The van der Waals surface area contributed by atoms with Gasteiger partial charge in [0, 0.05) is 34.8 Å². The lowest BCUT2D eigenvalue weighted by molar-refractivity contribution is 0.100. The molecular weight excluding hydrogens is 665 g/mol. The van der Waals surface area contributed by atoms with E-state index < -0.39 is 12.0 Å². The molecule has 0 saturated carbocycles. The van der Waals surface area contributed by atoms with E-state index in [9.17, 15) is 19.8 Å². The zero-order valence-corrected chi connectivity index (χ0v) is 29.5. The number of carbonyl (C=O) groups excluding carboxylic acids is 1. The fourth-order valence-electron chi connectivity index (χ4n) is 6.94. The Morgan fingerprint density at radius 2 is 1.62 bits per heavy atom. The number of amides is 1. The zero-order chi connectivity index (χ0) is 37.1. The standard InChI is InChI=1S/C44H40N4O5/c1-26-21-29(23-36-41(26)46-25-37(44(45)52)42(36)47-32-6-4-7-33(24-32)53-2)22-28-11-15-31(16-12-28)30-13-9-27(10-14-30)5-3-8-38(49)34-17-19-39(50)43-35(34)18-20-40(51)48-43/h4,6-7,9-21,23-25,38,49-50H,3,5,8,22H2,1-2H3,(H2,45,52)(H,46,47)(H,48,51)/t38-/m0/s1. The molecule has 266 valence electrons. The van der Waals surface area contributed by atoms with Crippen LogP contribution in [0.25, 0.3) is 32.9 Å². The van der Waals surface area contributed by atoms with Gasteiger partial charge in [-0.3, -0.25) is 14.6 Å². The summed E-state index contributed by atoms with van der Waals surface area (Å²) in [4.78, 5) is 31.5. The van der Waals surface area contributed by atoms with Crippen molar-refractivity contribution in [3.8, 4) is 22.6 Å². The number of hydrogen-bond acceptors (Lipinski definition) is 7. The maximum Gasteiger partial charge on any atom is 0.252 e. The van der Waals surface area contributed by atoms with Gasteiger partial charge in [-0.1, -0.05) is 66.7 Å². The molecule has 1 amide bonds. The molecule has 0 unspecified atom stereocenters. The van der Waals surface area contributed by atoms with Crippen LogP contribution in [-0.4, -0.2) is 33.2 Å². The topological polar surface area (TPSA) is 151 Å². The predicted octanol–water partition coefficient (Wildman–Crippen LogP) is 8.26. The van der Waals surface area contributed by atoms with Gasteiger partial charge >= 0.3 is 0 Å². The van der Waals surface area contributed by atoms with Gasteiger partial charge in [-0.15, -0.1) is 0 Å². The molecule has 2 aromatic heterocycles. The zero-order valence-electron chi connectivity index (χ0n) is 29.5. The van der Waals surface area contributed by atoms with Crippen molar-refractivity contribution in [2.75, 3.05) is 12.4 Å². The highest BCUT2D eigenvalue weighted by molar-refractivity contribution is 6.08. The molecule has 0 saturated heterocycles. The minimum Gasteiger partial charge on any atom is -0.506 e. The van der Waals surface area contributed by atoms with Crippen LogP contribution < -0.4 is 21.3 Å². The summed E-state index contributed by atoms with van der Waals surface area (Å²) in [7, 11) is 1.61. The number of primary amides is 1. The number of carbonyl (C=O) groups is 1. The van der Waals surface area contributed by atoms with E-state index in [1.807, 2.05) is 31.2 Å². The summed E-state index contributed by atoms with van der Waals surface area (Å²) < 4.78 is 5.39. The van der Waals surface area contributed by atoms with Crippen molar-refractivity contribution >= 4 is 39.1 Å². The first-order valence-corrected chi connectivity index (χ1v) is 17.5. The number of benzene rings is 5. The van der Waals surface area contributed by atoms with Crippen LogP contribution in [0.2, 0.25) is 0 Å².